The highest BCUT2D eigenvalue weighted by atomic mass is 32.1. The quantitative estimate of drug-likeness (QED) is 0.820. The molecule has 0 unspecified atom stereocenters. The molecule has 2 aromatic heterocycles. The third kappa shape index (κ3) is 1.34. The molecule has 3 nitrogen and oxygen atoms in total. The molecule has 0 atom stereocenters. The molecule has 0 fully saturated rings. The van der Waals surface area contributed by atoms with Crippen molar-refractivity contribution in [2.24, 2.45) is 0 Å². The van der Waals surface area contributed by atoms with Crippen molar-refractivity contribution < 1.29 is 9.90 Å². The van der Waals surface area contributed by atoms with Gasteiger partial charge >= 0.3 is 5.97 Å². The summed E-state index contributed by atoms with van der Waals surface area (Å²) in [5.41, 5.74) is 3.52. The SMILES string of the molecule is O=C(O)c1cc2c(s1)-c1ccncc1CC2. The van der Waals surface area contributed by atoms with Gasteiger partial charge in [0.05, 0.1) is 0 Å². The molecule has 3 rings (SSSR count). The van der Waals surface area contributed by atoms with Gasteiger partial charge in [0.2, 0.25) is 0 Å². The monoisotopic (exact) mass is 231 g/mol. The largest absolute Gasteiger partial charge is 0.477 e. The molecule has 0 amide bonds. The van der Waals surface area contributed by atoms with Crippen molar-refractivity contribution in [1.82, 2.24) is 4.98 Å². The van der Waals surface area contributed by atoms with Crippen LogP contribution in [0.25, 0.3) is 10.4 Å². The van der Waals surface area contributed by atoms with Gasteiger partial charge in [-0.1, -0.05) is 0 Å². The molecule has 2 heterocycles. The van der Waals surface area contributed by atoms with Crippen LogP contribution in [0, 0.1) is 0 Å². The van der Waals surface area contributed by atoms with E-state index in [0.29, 0.717) is 4.88 Å². The van der Waals surface area contributed by atoms with Crippen molar-refractivity contribution in [3.8, 4) is 10.4 Å². The molecule has 0 aliphatic heterocycles. The third-order valence-corrected chi connectivity index (χ3v) is 4.03. The van der Waals surface area contributed by atoms with Gasteiger partial charge in [-0.15, -0.1) is 11.3 Å². The lowest BCUT2D eigenvalue weighted by molar-refractivity contribution is 0.0702. The lowest BCUT2D eigenvalue weighted by Gasteiger charge is -2.14. The Morgan fingerprint density at radius 1 is 1.38 bits per heavy atom. The van der Waals surface area contributed by atoms with E-state index in [4.69, 9.17) is 5.11 Å². The van der Waals surface area contributed by atoms with Crippen molar-refractivity contribution in [2.45, 2.75) is 12.8 Å². The standard InChI is InChI=1S/C12H9NO2S/c14-12(15)10-5-7-1-2-8-6-13-4-3-9(8)11(7)16-10/h3-6H,1-2H2,(H,14,15). The number of pyridine rings is 1. The maximum absolute atomic E-state index is 10.9. The minimum Gasteiger partial charge on any atom is -0.477 e. The van der Waals surface area contributed by atoms with Crippen molar-refractivity contribution in [3.05, 3.63) is 40.5 Å². The summed E-state index contributed by atoms with van der Waals surface area (Å²) >= 11 is 1.36. The fraction of sp³-hybridized carbons (Fsp3) is 0.167. The lowest BCUT2D eigenvalue weighted by atomic mass is 9.93. The third-order valence-electron chi connectivity index (χ3n) is 2.83. The summed E-state index contributed by atoms with van der Waals surface area (Å²) in [5, 5.41) is 8.98. The molecule has 80 valence electrons. The highest BCUT2D eigenvalue weighted by molar-refractivity contribution is 7.17. The molecule has 0 bridgehead atoms. The van der Waals surface area contributed by atoms with Crippen LogP contribution < -0.4 is 0 Å². The fourth-order valence-electron chi connectivity index (χ4n) is 2.07. The molecule has 0 spiro atoms. The highest BCUT2D eigenvalue weighted by Crippen LogP contribution is 2.38. The minimum absolute atomic E-state index is 0.426. The van der Waals surface area contributed by atoms with Crippen molar-refractivity contribution in [3.63, 3.8) is 0 Å². The Labute approximate surface area is 96.4 Å². The number of rotatable bonds is 1. The summed E-state index contributed by atoms with van der Waals surface area (Å²) in [6, 6.07) is 3.77. The number of hydrogen-bond donors (Lipinski definition) is 1. The first-order valence-electron chi connectivity index (χ1n) is 5.05. The van der Waals surface area contributed by atoms with E-state index in [1.165, 1.54) is 16.9 Å². The molecule has 1 aliphatic carbocycles. The van der Waals surface area contributed by atoms with Crippen LogP contribution in [-0.4, -0.2) is 16.1 Å². The smallest absolute Gasteiger partial charge is 0.345 e. The minimum atomic E-state index is -0.838. The zero-order chi connectivity index (χ0) is 11.1. The van der Waals surface area contributed by atoms with E-state index >= 15 is 0 Å². The molecule has 0 saturated carbocycles. The Morgan fingerprint density at radius 2 is 2.19 bits per heavy atom. The number of thiophene rings is 1. The zero-order valence-corrected chi connectivity index (χ0v) is 9.25. The van der Waals surface area contributed by atoms with E-state index in [1.54, 1.807) is 12.3 Å². The topological polar surface area (TPSA) is 50.2 Å². The molecular formula is C12H9NO2S. The van der Waals surface area contributed by atoms with Gasteiger partial charge < -0.3 is 5.11 Å². The van der Waals surface area contributed by atoms with Crippen LogP contribution in [0.15, 0.2) is 24.5 Å². The number of carboxylic acid groups (broad SMARTS) is 1. The molecule has 1 aliphatic rings. The maximum atomic E-state index is 10.9. The Morgan fingerprint density at radius 3 is 3.00 bits per heavy atom. The molecular weight excluding hydrogens is 222 g/mol. The molecule has 0 saturated heterocycles. The number of hydrogen-bond acceptors (Lipinski definition) is 3. The van der Waals surface area contributed by atoms with Gasteiger partial charge in [0.25, 0.3) is 0 Å². The summed E-state index contributed by atoms with van der Waals surface area (Å²) in [5.74, 6) is -0.838. The van der Waals surface area contributed by atoms with Crippen LogP contribution in [0.4, 0.5) is 0 Å². The van der Waals surface area contributed by atoms with Crippen LogP contribution in [0.3, 0.4) is 0 Å². The normalized spacial score (nSPS) is 13.0. The molecule has 0 radical (unpaired) electrons. The number of nitrogens with zero attached hydrogens (tertiary/aromatic N) is 1. The number of carboxylic acids is 1. The van der Waals surface area contributed by atoms with Crippen molar-refractivity contribution in [1.29, 1.82) is 0 Å². The second-order valence-electron chi connectivity index (χ2n) is 3.80. The van der Waals surface area contributed by atoms with E-state index in [-0.39, 0.29) is 0 Å². The van der Waals surface area contributed by atoms with Gasteiger partial charge in [0.1, 0.15) is 4.88 Å². The Hall–Kier alpha value is -1.68. The highest BCUT2D eigenvalue weighted by Gasteiger charge is 2.20. The summed E-state index contributed by atoms with van der Waals surface area (Å²) in [6.07, 6.45) is 5.50. The van der Waals surface area contributed by atoms with Gasteiger partial charge in [-0.25, -0.2) is 4.79 Å². The van der Waals surface area contributed by atoms with Gasteiger partial charge in [-0.2, -0.15) is 0 Å². The summed E-state index contributed by atoms with van der Waals surface area (Å²) in [7, 11) is 0. The summed E-state index contributed by atoms with van der Waals surface area (Å²) in [4.78, 5) is 16.6. The van der Waals surface area contributed by atoms with E-state index in [2.05, 4.69) is 4.98 Å². The predicted octanol–water partition coefficient (Wildman–Crippen LogP) is 2.61. The van der Waals surface area contributed by atoms with Crippen LogP contribution >= 0.6 is 11.3 Å². The van der Waals surface area contributed by atoms with Crippen molar-refractivity contribution in [2.75, 3.05) is 0 Å². The number of carbonyl (C=O) groups is 1. The van der Waals surface area contributed by atoms with Gasteiger partial charge in [-0.3, -0.25) is 4.98 Å². The average molecular weight is 231 g/mol. The second kappa shape index (κ2) is 3.42. The number of aromatic carboxylic acids is 1. The van der Waals surface area contributed by atoms with Crippen LogP contribution in [0.1, 0.15) is 20.8 Å². The lowest BCUT2D eigenvalue weighted by Crippen LogP contribution is -2.01. The average Bonchev–Trinajstić information content (AvgIpc) is 2.73. The van der Waals surface area contributed by atoms with E-state index in [1.807, 2.05) is 12.3 Å². The number of fused-ring (bicyclic) bond motifs is 3. The Bertz CT molecular complexity index is 574. The first-order chi connectivity index (χ1) is 7.75. The first kappa shape index (κ1) is 9.54. The second-order valence-corrected chi connectivity index (χ2v) is 4.86. The van der Waals surface area contributed by atoms with Crippen LogP contribution in [0.2, 0.25) is 0 Å². The molecule has 1 N–H and O–H groups in total. The summed E-state index contributed by atoms with van der Waals surface area (Å²) < 4.78 is 0. The predicted molar refractivity (Wildman–Crippen MR) is 61.9 cm³/mol. The maximum Gasteiger partial charge on any atom is 0.345 e. The van der Waals surface area contributed by atoms with Crippen LogP contribution in [0.5, 0.6) is 0 Å². The van der Waals surface area contributed by atoms with Gasteiger partial charge in [0.15, 0.2) is 0 Å². The number of aromatic nitrogens is 1. The fourth-order valence-corrected chi connectivity index (χ4v) is 3.17. The van der Waals surface area contributed by atoms with Gasteiger partial charge in [0, 0.05) is 17.3 Å². The van der Waals surface area contributed by atoms with E-state index in [9.17, 15) is 4.79 Å². The summed E-state index contributed by atoms with van der Waals surface area (Å²) in [6.45, 7) is 0. The van der Waals surface area contributed by atoms with Gasteiger partial charge in [-0.05, 0) is 41.7 Å². The Balaban J connectivity index is 2.20. The number of aryl methyl sites for hydroxylation is 2. The van der Waals surface area contributed by atoms with E-state index in [0.717, 1.165) is 28.8 Å². The van der Waals surface area contributed by atoms with Crippen LogP contribution in [-0.2, 0) is 12.8 Å². The molecule has 0 aromatic carbocycles. The van der Waals surface area contributed by atoms with Crippen molar-refractivity contribution >= 4 is 17.3 Å². The zero-order valence-electron chi connectivity index (χ0n) is 8.43. The molecule has 4 heteroatoms. The van der Waals surface area contributed by atoms with E-state index < -0.39 is 5.97 Å². The molecule has 16 heavy (non-hydrogen) atoms. The Kier molecular flexibility index (Phi) is 2.04. The molecule has 2 aromatic rings. The first-order valence-corrected chi connectivity index (χ1v) is 5.86.